The lowest BCUT2D eigenvalue weighted by molar-refractivity contribution is -0.157. The fourth-order valence-corrected chi connectivity index (χ4v) is 3.99. The Hall–Kier alpha value is -0.570. The summed E-state index contributed by atoms with van der Waals surface area (Å²) in [6, 6.07) is 0. The van der Waals surface area contributed by atoms with Crippen LogP contribution in [0.2, 0.25) is 0 Å². The van der Waals surface area contributed by atoms with Gasteiger partial charge in [-0.2, -0.15) is 0 Å². The van der Waals surface area contributed by atoms with Crippen LogP contribution in [0.5, 0.6) is 0 Å². The third-order valence-electron chi connectivity index (χ3n) is 6.69. The van der Waals surface area contributed by atoms with Crippen LogP contribution in [0.3, 0.4) is 0 Å². The molecule has 3 nitrogen and oxygen atoms in total. The van der Waals surface area contributed by atoms with Crippen molar-refractivity contribution < 1.29 is 14.3 Å². The number of carbonyl (C=O) groups excluding carboxylic acids is 1. The highest BCUT2D eigenvalue weighted by molar-refractivity contribution is 5.76. The third kappa shape index (κ3) is 18.9. The second-order valence-electron chi connectivity index (χ2n) is 11.1. The van der Waals surface area contributed by atoms with Gasteiger partial charge in [-0.3, -0.25) is 4.79 Å². The zero-order valence-corrected chi connectivity index (χ0v) is 22.9. The van der Waals surface area contributed by atoms with Gasteiger partial charge in [0, 0.05) is 6.61 Å². The molecule has 1 atom stereocenters. The zero-order chi connectivity index (χ0) is 24.1. The van der Waals surface area contributed by atoms with E-state index in [0.29, 0.717) is 13.2 Å². The maximum Gasteiger partial charge on any atom is 0.311 e. The Labute approximate surface area is 201 Å². The van der Waals surface area contributed by atoms with E-state index in [1.807, 2.05) is 27.7 Å². The predicted molar refractivity (Wildman–Crippen MR) is 139 cm³/mol. The van der Waals surface area contributed by atoms with Crippen molar-refractivity contribution in [1.82, 2.24) is 0 Å². The lowest BCUT2D eigenvalue weighted by Crippen LogP contribution is -2.32. The van der Waals surface area contributed by atoms with Gasteiger partial charge in [0.25, 0.3) is 0 Å². The summed E-state index contributed by atoms with van der Waals surface area (Å²) in [4.78, 5) is 12.5. The van der Waals surface area contributed by atoms with Crippen LogP contribution in [-0.4, -0.2) is 24.8 Å². The fourth-order valence-electron chi connectivity index (χ4n) is 3.99. The fraction of sp³-hybridized carbons (Fsp3) is 0.966. The molecular formula is C29H58O3. The molecule has 0 saturated heterocycles. The molecule has 0 rings (SSSR count). The van der Waals surface area contributed by atoms with Crippen molar-refractivity contribution in [1.29, 1.82) is 0 Å². The first-order chi connectivity index (χ1) is 15.2. The summed E-state index contributed by atoms with van der Waals surface area (Å²) in [5, 5.41) is 0. The van der Waals surface area contributed by atoms with Gasteiger partial charge in [0.05, 0.1) is 17.6 Å². The lowest BCUT2D eigenvalue weighted by atomic mass is 9.84. The van der Waals surface area contributed by atoms with E-state index in [9.17, 15) is 4.79 Å². The van der Waals surface area contributed by atoms with E-state index in [-0.39, 0.29) is 11.6 Å². The van der Waals surface area contributed by atoms with Gasteiger partial charge < -0.3 is 9.47 Å². The highest BCUT2D eigenvalue weighted by Gasteiger charge is 2.33. The van der Waals surface area contributed by atoms with Crippen LogP contribution in [0.1, 0.15) is 157 Å². The second kappa shape index (κ2) is 19.9. The van der Waals surface area contributed by atoms with E-state index in [0.717, 1.165) is 19.3 Å². The van der Waals surface area contributed by atoms with E-state index in [2.05, 4.69) is 13.8 Å². The number of ether oxygens (including phenoxy) is 2. The van der Waals surface area contributed by atoms with Crippen LogP contribution in [0, 0.1) is 5.41 Å². The Balaban J connectivity index is 3.52. The molecular weight excluding hydrogens is 396 g/mol. The van der Waals surface area contributed by atoms with E-state index in [4.69, 9.17) is 9.47 Å². The van der Waals surface area contributed by atoms with Crippen LogP contribution >= 0.6 is 0 Å². The van der Waals surface area contributed by atoms with Crippen molar-refractivity contribution in [2.45, 2.75) is 163 Å². The Morgan fingerprint density at radius 3 is 1.38 bits per heavy atom. The molecule has 0 aromatic rings. The maximum atomic E-state index is 12.5. The molecule has 0 amide bonds. The van der Waals surface area contributed by atoms with Gasteiger partial charge in [0.2, 0.25) is 0 Å². The molecule has 0 spiro atoms. The van der Waals surface area contributed by atoms with Crippen molar-refractivity contribution in [3.8, 4) is 0 Å². The monoisotopic (exact) mass is 454 g/mol. The van der Waals surface area contributed by atoms with Gasteiger partial charge in [-0.25, -0.2) is 0 Å². The lowest BCUT2D eigenvalue weighted by Gasteiger charge is -2.28. The van der Waals surface area contributed by atoms with Gasteiger partial charge in [-0.1, -0.05) is 110 Å². The molecule has 32 heavy (non-hydrogen) atoms. The van der Waals surface area contributed by atoms with Crippen LogP contribution in [0.15, 0.2) is 0 Å². The number of hydrogen-bond acceptors (Lipinski definition) is 3. The Bertz CT molecular complexity index is 427. The molecule has 192 valence electrons. The van der Waals surface area contributed by atoms with Gasteiger partial charge >= 0.3 is 5.97 Å². The van der Waals surface area contributed by atoms with E-state index < -0.39 is 5.41 Å². The number of unbranched alkanes of at least 4 members (excludes halogenated alkanes) is 15. The molecule has 0 aliphatic rings. The van der Waals surface area contributed by atoms with Crippen molar-refractivity contribution in [3.05, 3.63) is 0 Å². The van der Waals surface area contributed by atoms with Crippen molar-refractivity contribution in [2.75, 3.05) is 13.2 Å². The summed E-state index contributed by atoms with van der Waals surface area (Å²) in [7, 11) is 0. The first kappa shape index (κ1) is 31.4. The summed E-state index contributed by atoms with van der Waals surface area (Å²) >= 11 is 0. The molecule has 0 bridgehead atoms. The van der Waals surface area contributed by atoms with Gasteiger partial charge in [0.15, 0.2) is 0 Å². The van der Waals surface area contributed by atoms with Crippen molar-refractivity contribution in [2.24, 2.45) is 5.41 Å². The topological polar surface area (TPSA) is 35.5 Å². The molecule has 0 fully saturated rings. The molecule has 0 radical (unpaired) electrons. The molecule has 0 aliphatic heterocycles. The highest BCUT2D eigenvalue weighted by atomic mass is 16.5. The first-order valence-corrected chi connectivity index (χ1v) is 14.1. The summed E-state index contributed by atoms with van der Waals surface area (Å²) in [6.07, 6.45) is 23.2. The average molecular weight is 455 g/mol. The molecule has 0 saturated carbocycles. The van der Waals surface area contributed by atoms with Crippen molar-refractivity contribution in [3.63, 3.8) is 0 Å². The molecule has 0 N–H and O–H groups in total. The van der Waals surface area contributed by atoms with E-state index in [1.165, 1.54) is 96.3 Å². The number of carbonyl (C=O) groups is 1. The summed E-state index contributed by atoms with van der Waals surface area (Å²) in [6.45, 7) is 13.7. The molecule has 3 heteroatoms. The molecule has 0 aliphatic carbocycles. The Morgan fingerprint density at radius 1 is 0.594 bits per heavy atom. The van der Waals surface area contributed by atoms with Gasteiger partial charge in [-0.05, 0) is 47.0 Å². The minimum atomic E-state index is -0.430. The number of esters is 1. The predicted octanol–water partition coefficient (Wildman–Crippen LogP) is 9.41. The van der Waals surface area contributed by atoms with Crippen LogP contribution in [-0.2, 0) is 14.3 Å². The second-order valence-corrected chi connectivity index (χ2v) is 11.1. The normalized spacial score (nSPS) is 13.8. The summed E-state index contributed by atoms with van der Waals surface area (Å²) in [5.74, 6) is -0.0570. The summed E-state index contributed by atoms with van der Waals surface area (Å²) < 4.78 is 11.4. The van der Waals surface area contributed by atoms with Crippen molar-refractivity contribution >= 4 is 5.97 Å². The zero-order valence-electron chi connectivity index (χ0n) is 22.9. The van der Waals surface area contributed by atoms with Crippen LogP contribution in [0.4, 0.5) is 0 Å². The largest absolute Gasteiger partial charge is 0.465 e. The van der Waals surface area contributed by atoms with Gasteiger partial charge in [-0.15, -0.1) is 0 Å². The quantitative estimate of drug-likeness (QED) is 0.121. The van der Waals surface area contributed by atoms with E-state index in [1.54, 1.807) is 0 Å². The van der Waals surface area contributed by atoms with E-state index >= 15 is 0 Å². The first-order valence-electron chi connectivity index (χ1n) is 14.1. The Kier molecular flexibility index (Phi) is 19.5. The maximum absolute atomic E-state index is 12.5. The molecule has 1 unspecified atom stereocenters. The number of hydrogen-bond donors (Lipinski definition) is 0. The SMILES string of the molecule is CCCCCCCCCCCCCCCCCCOC(=O)C(C)(CC)CCOC(C)(C)C. The molecule has 0 aromatic heterocycles. The third-order valence-corrected chi connectivity index (χ3v) is 6.69. The summed E-state index contributed by atoms with van der Waals surface area (Å²) in [5.41, 5.74) is -0.591. The van der Waals surface area contributed by atoms with Gasteiger partial charge in [0.1, 0.15) is 0 Å². The van der Waals surface area contributed by atoms with Crippen LogP contribution in [0.25, 0.3) is 0 Å². The molecule has 0 heterocycles. The molecule has 0 aromatic carbocycles. The minimum Gasteiger partial charge on any atom is -0.465 e. The number of rotatable bonds is 22. The minimum absolute atomic E-state index is 0.0570. The smallest absolute Gasteiger partial charge is 0.311 e. The standard InChI is InChI=1S/C29H58O3/c1-7-9-10-11-12-13-14-15-16-17-18-19-20-21-22-23-25-31-27(30)29(6,8-2)24-26-32-28(3,4)5/h7-26H2,1-6H3. The van der Waals surface area contributed by atoms with Crippen LogP contribution < -0.4 is 0 Å². The Morgan fingerprint density at radius 2 is 1.00 bits per heavy atom. The highest BCUT2D eigenvalue weighted by Crippen LogP contribution is 2.28. The average Bonchev–Trinajstić information content (AvgIpc) is 2.74.